The van der Waals surface area contributed by atoms with Crippen LogP contribution in [0.25, 0.3) is 0 Å². The molecule has 0 rings (SSSR count). The number of aliphatic carboxylic acids is 1. The Labute approximate surface area is 75.9 Å². The van der Waals surface area contributed by atoms with Crippen molar-refractivity contribution in [2.75, 3.05) is 0 Å². The van der Waals surface area contributed by atoms with Crippen molar-refractivity contribution in [1.82, 2.24) is 0 Å². The average Bonchev–Trinajstić information content (AvgIpc) is 1.63. The van der Waals surface area contributed by atoms with Gasteiger partial charge in [-0.2, -0.15) is 0 Å². The van der Waals surface area contributed by atoms with Crippen molar-refractivity contribution in [2.24, 2.45) is 5.73 Å². The Hall–Kier alpha value is -0.691. The van der Waals surface area contributed by atoms with Crippen LogP contribution in [0, 0.1) is 0 Å². The van der Waals surface area contributed by atoms with E-state index >= 15 is 0 Å². The maximum atomic E-state index is 9.86. The molecule has 0 aromatic carbocycles. The van der Waals surface area contributed by atoms with Crippen LogP contribution in [-0.2, 0) is 4.79 Å². The van der Waals surface area contributed by atoms with Gasteiger partial charge in [-0.15, -0.1) is 0 Å². The van der Waals surface area contributed by atoms with Crippen LogP contribution in [0.4, 0.5) is 0 Å². The van der Waals surface area contributed by atoms with Gasteiger partial charge in [0.1, 0.15) is 6.04 Å². The monoisotopic (exact) mass is 200 g/mol. The molecule has 0 fully saturated rings. The van der Waals surface area contributed by atoms with Gasteiger partial charge < -0.3 is 35.2 Å². The van der Waals surface area contributed by atoms with Crippen LogP contribution in [0.2, 0.25) is 0 Å². The fourth-order valence-electron chi connectivity index (χ4n) is 0.318. The molecule has 0 aliphatic rings. The molecule has 0 aliphatic heterocycles. The molecule has 0 aromatic heterocycles. The minimum absolute atomic E-state index is 0. The minimum atomic E-state index is -1.89. The Bertz CT molecular complexity index is 118. The summed E-state index contributed by atoms with van der Waals surface area (Å²) in [5.41, 5.74) is 4.86. The summed E-state index contributed by atoms with van der Waals surface area (Å²) in [6, 6.07) is -1.25. The van der Waals surface area contributed by atoms with Crippen molar-refractivity contribution in [3.8, 4) is 0 Å². The van der Waals surface area contributed by atoms with Gasteiger partial charge in [0.2, 0.25) is 0 Å². The van der Waals surface area contributed by atoms with Crippen molar-refractivity contribution in [1.29, 1.82) is 0 Å². The van der Waals surface area contributed by atoms with E-state index in [1.165, 1.54) is 0 Å². The maximum Gasteiger partial charge on any atom is 2.00 e. The summed E-state index contributed by atoms with van der Waals surface area (Å²) in [7, 11) is 0. The molecule has 0 saturated heterocycles. The van der Waals surface area contributed by atoms with Gasteiger partial charge >= 0.3 is 16.1 Å². The van der Waals surface area contributed by atoms with E-state index in [2.05, 4.69) is 0 Å². The minimum Gasteiger partial charge on any atom is -1.00 e. The standard InChI is InChI=1S/C4H8NO4.Be.3FH/c5-2(4(8)9)1-3(6)7;;;;/h2-3,6H,1,5H2,(H,8,9);;3*1H/q-1;+2;;;/p-3. The number of carboxylic acids is 1. The number of hydrogen-bond acceptors (Lipinski definition) is 4. The van der Waals surface area contributed by atoms with E-state index in [1.807, 2.05) is 0 Å². The van der Waals surface area contributed by atoms with Crippen molar-refractivity contribution in [3.63, 3.8) is 0 Å². The second-order valence-corrected chi connectivity index (χ2v) is 1.64. The third-order valence-electron chi connectivity index (χ3n) is 0.773. The Kier molecular flexibility index (Phi) is 31.4. The molecule has 0 radical (unpaired) electrons. The number of carboxylic acid groups (broad SMARTS) is 1. The smallest absolute Gasteiger partial charge is 1.00 e. The van der Waals surface area contributed by atoms with Crippen LogP contribution < -0.4 is 25.0 Å². The summed E-state index contributed by atoms with van der Waals surface area (Å²) in [4.78, 5) is 9.86. The zero-order valence-corrected chi connectivity index (χ0v) is 6.49. The number of rotatable bonds is 3. The van der Waals surface area contributed by atoms with Crippen molar-refractivity contribution in [3.05, 3.63) is 0 Å². The molecule has 78 valence electrons. The first kappa shape index (κ1) is 29.5. The van der Waals surface area contributed by atoms with Gasteiger partial charge in [-0.25, -0.2) is 0 Å². The van der Waals surface area contributed by atoms with E-state index in [0.29, 0.717) is 0 Å². The van der Waals surface area contributed by atoms with Crippen LogP contribution in [0.15, 0.2) is 0 Å². The van der Waals surface area contributed by atoms with Crippen LogP contribution >= 0.6 is 0 Å². The van der Waals surface area contributed by atoms with Crippen LogP contribution in [0.5, 0.6) is 0 Å². The van der Waals surface area contributed by atoms with Crippen molar-refractivity contribution >= 4 is 16.1 Å². The number of carbonyl (C=O) groups is 1. The van der Waals surface area contributed by atoms with Gasteiger partial charge in [0.05, 0.1) is 0 Å². The molecule has 0 aliphatic carbocycles. The van der Waals surface area contributed by atoms with E-state index in [-0.39, 0.29) is 24.2 Å². The molecule has 9 heteroatoms. The fraction of sp³-hybridized carbons (Fsp3) is 0.750. The van der Waals surface area contributed by atoms with Crippen molar-refractivity contribution in [2.45, 2.75) is 18.8 Å². The normalized spacial score (nSPS) is 11.6. The van der Waals surface area contributed by atoms with Gasteiger partial charge in [0, 0.05) is 0 Å². The molecule has 0 heterocycles. The van der Waals surface area contributed by atoms with E-state index in [9.17, 15) is 9.90 Å². The molecule has 5 nitrogen and oxygen atoms in total. The quantitative estimate of drug-likeness (QED) is 0.310. The topological polar surface area (TPSA) is 107 Å². The van der Waals surface area contributed by atoms with Gasteiger partial charge in [0.25, 0.3) is 0 Å². The molecule has 0 spiro atoms. The average molecular weight is 200 g/mol. The molecule has 0 saturated carbocycles. The third-order valence-corrected chi connectivity index (χ3v) is 0.773. The Morgan fingerprint density at radius 2 is 1.69 bits per heavy atom. The molecule has 0 amide bonds. The summed E-state index contributed by atoms with van der Waals surface area (Å²) in [6.07, 6.45) is -2.34. The zero-order valence-electron chi connectivity index (χ0n) is 6.49. The van der Waals surface area contributed by atoms with Gasteiger partial charge in [-0.3, -0.25) is 4.79 Å². The third kappa shape index (κ3) is 18.3. The van der Waals surface area contributed by atoms with Gasteiger partial charge in [0.15, 0.2) is 0 Å². The number of nitrogens with two attached hydrogens (primary N) is 1. The van der Waals surface area contributed by atoms with Gasteiger partial charge in [-0.1, -0.05) is 0 Å². The van der Waals surface area contributed by atoms with Crippen LogP contribution in [0.3, 0.4) is 0 Å². The van der Waals surface area contributed by atoms with E-state index < -0.39 is 24.7 Å². The first-order chi connectivity index (χ1) is 4.04. The van der Waals surface area contributed by atoms with Crippen LogP contribution in [-0.4, -0.2) is 38.6 Å². The predicted octanol–water partition coefficient (Wildman–Crippen LogP) is -11.9. The molecule has 13 heavy (non-hydrogen) atoms. The molecular formula is C4H8BeF3NO4-2. The fourth-order valence-corrected chi connectivity index (χ4v) is 0.318. The number of hydrogen-bond donors (Lipinski definition) is 3. The van der Waals surface area contributed by atoms with Crippen molar-refractivity contribution < 1.29 is 34.2 Å². The molecule has 2 atom stereocenters. The predicted molar refractivity (Wildman–Crippen MR) is 32.0 cm³/mol. The molecule has 4 N–H and O–H groups in total. The SMILES string of the molecule is NC(CC([O-])O)C(=O)O.[Be+2].[F-].[F-].[F-]. The number of halogens is 3. The molecule has 2 unspecified atom stereocenters. The zero-order chi connectivity index (χ0) is 7.44. The Balaban J connectivity index is -0.0000000533. The van der Waals surface area contributed by atoms with E-state index in [0.717, 1.165) is 0 Å². The van der Waals surface area contributed by atoms with Gasteiger partial charge in [-0.05, 0) is 12.7 Å². The summed E-state index contributed by atoms with van der Waals surface area (Å²) in [6.45, 7) is 0. The summed E-state index contributed by atoms with van der Waals surface area (Å²) < 4.78 is 0. The van der Waals surface area contributed by atoms with E-state index in [4.69, 9.17) is 15.9 Å². The second-order valence-electron chi connectivity index (χ2n) is 1.64. The molecule has 0 aromatic rings. The summed E-state index contributed by atoms with van der Waals surface area (Å²) in [5, 5.41) is 26.0. The number of aliphatic hydroxyl groups excluding tert-OH is 1. The van der Waals surface area contributed by atoms with E-state index in [1.54, 1.807) is 0 Å². The largest absolute Gasteiger partial charge is 2.00 e. The summed E-state index contributed by atoms with van der Waals surface area (Å²) >= 11 is 0. The first-order valence-electron chi connectivity index (χ1n) is 2.36. The number of aliphatic hydroxyl groups is 1. The van der Waals surface area contributed by atoms with Crippen LogP contribution in [0.1, 0.15) is 6.42 Å². The molecular weight excluding hydrogens is 192 g/mol. The summed E-state index contributed by atoms with van der Waals surface area (Å²) in [5.74, 6) is -1.27. The Morgan fingerprint density at radius 3 is 1.77 bits per heavy atom. The maximum absolute atomic E-state index is 9.86. The second kappa shape index (κ2) is 13.9. The molecule has 0 bridgehead atoms. The first-order valence-corrected chi connectivity index (χ1v) is 2.36. The Morgan fingerprint density at radius 1 is 1.38 bits per heavy atom.